The van der Waals surface area contributed by atoms with E-state index >= 15 is 0 Å². The van der Waals surface area contributed by atoms with Crippen molar-refractivity contribution in [1.29, 1.82) is 0 Å². The van der Waals surface area contributed by atoms with Gasteiger partial charge in [-0.25, -0.2) is 14.6 Å². The summed E-state index contributed by atoms with van der Waals surface area (Å²) < 4.78 is 46.6. The first-order valence-corrected chi connectivity index (χ1v) is 8.16. The number of pyridine rings is 1. The maximum absolute atomic E-state index is 13.5. The predicted octanol–water partition coefficient (Wildman–Crippen LogP) is 2.76. The summed E-state index contributed by atoms with van der Waals surface area (Å²) in [4.78, 5) is 32.3. The minimum Gasteiger partial charge on any atom is -0.501 e. The number of rotatable bonds is 7. The molecule has 0 amide bonds. The molecule has 0 unspecified atom stereocenters. The lowest BCUT2D eigenvalue weighted by atomic mass is 9.97. The van der Waals surface area contributed by atoms with Gasteiger partial charge in [-0.05, 0) is 31.9 Å². The molecule has 142 valence electrons. The Morgan fingerprint density at radius 1 is 1.33 bits per heavy atom. The van der Waals surface area contributed by atoms with Gasteiger partial charge in [0.1, 0.15) is 18.2 Å². The van der Waals surface area contributed by atoms with Gasteiger partial charge in [-0.3, -0.25) is 9.59 Å². The number of hydrogen-bond donors (Lipinski definition) is 0. The molecule has 1 fully saturated rings. The first kappa shape index (κ1) is 18.7. The lowest BCUT2D eigenvalue weighted by molar-refractivity contribution is -0.141. The van der Waals surface area contributed by atoms with Gasteiger partial charge in [0.2, 0.25) is 5.78 Å². The maximum Gasteiger partial charge on any atom is 0.434 e. The Bertz CT molecular complexity index is 887. The van der Waals surface area contributed by atoms with Crippen molar-refractivity contribution in [3.05, 3.63) is 47.9 Å². The molecule has 0 bridgehead atoms. The van der Waals surface area contributed by atoms with E-state index in [2.05, 4.69) is 15.1 Å². The molecule has 2 heterocycles. The van der Waals surface area contributed by atoms with Gasteiger partial charge in [-0.15, -0.1) is 0 Å². The molecule has 27 heavy (non-hydrogen) atoms. The zero-order valence-electron chi connectivity index (χ0n) is 14.2. The van der Waals surface area contributed by atoms with Crippen LogP contribution in [0.2, 0.25) is 0 Å². The fourth-order valence-electron chi connectivity index (χ4n) is 2.40. The maximum atomic E-state index is 13.5. The number of hydrogen-bond acceptors (Lipinski definition) is 6. The minimum atomic E-state index is -4.90. The monoisotopic (exact) mass is 380 g/mol. The largest absolute Gasteiger partial charge is 0.501 e. The van der Waals surface area contributed by atoms with Crippen LogP contribution in [0, 0.1) is 5.92 Å². The number of alkyl halides is 3. The van der Waals surface area contributed by atoms with Crippen molar-refractivity contribution in [3.63, 3.8) is 0 Å². The number of halogens is 3. The molecule has 1 aliphatic carbocycles. The van der Waals surface area contributed by atoms with Crippen molar-refractivity contribution >= 4 is 11.6 Å². The molecule has 0 aliphatic heterocycles. The highest BCUT2D eigenvalue weighted by molar-refractivity contribution is 6.27. The predicted molar refractivity (Wildman–Crippen MR) is 85.9 cm³/mol. The molecule has 7 nitrogen and oxygen atoms in total. The van der Waals surface area contributed by atoms with Crippen LogP contribution in [0.4, 0.5) is 13.2 Å². The fourth-order valence-corrected chi connectivity index (χ4v) is 2.40. The second-order valence-electron chi connectivity index (χ2n) is 5.86. The Hall–Kier alpha value is -3.04. The van der Waals surface area contributed by atoms with Crippen LogP contribution in [-0.4, -0.2) is 37.9 Å². The van der Waals surface area contributed by atoms with E-state index in [0.29, 0.717) is 12.8 Å². The third kappa shape index (κ3) is 4.04. The van der Waals surface area contributed by atoms with Gasteiger partial charge < -0.3 is 4.74 Å². The Balaban J connectivity index is 2.05. The highest BCUT2D eigenvalue weighted by Crippen LogP contribution is 2.35. The number of nitrogens with zero attached hydrogens (tertiary/aromatic N) is 4. The van der Waals surface area contributed by atoms with Crippen LogP contribution >= 0.6 is 0 Å². The molecular weight excluding hydrogens is 365 g/mol. The summed E-state index contributed by atoms with van der Waals surface area (Å²) >= 11 is 0. The number of aromatic nitrogens is 4. The van der Waals surface area contributed by atoms with E-state index < -0.39 is 34.6 Å². The van der Waals surface area contributed by atoms with Crippen molar-refractivity contribution in [3.8, 4) is 5.82 Å². The van der Waals surface area contributed by atoms with Crippen LogP contribution in [0.5, 0.6) is 0 Å². The van der Waals surface area contributed by atoms with Crippen LogP contribution < -0.4 is 0 Å². The highest BCUT2D eigenvalue weighted by atomic mass is 19.4. The zero-order valence-corrected chi connectivity index (χ0v) is 14.2. The molecule has 1 saturated carbocycles. The van der Waals surface area contributed by atoms with Gasteiger partial charge in [0.15, 0.2) is 17.3 Å². The quantitative estimate of drug-likeness (QED) is 0.241. The van der Waals surface area contributed by atoms with Gasteiger partial charge in [0.05, 0.1) is 18.4 Å². The van der Waals surface area contributed by atoms with E-state index in [0.717, 1.165) is 23.3 Å². The third-order valence-electron chi connectivity index (χ3n) is 3.87. The molecule has 0 saturated heterocycles. The Morgan fingerprint density at radius 2 is 2.07 bits per heavy atom. The van der Waals surface area contributed by atoms with Gasteiger partial charge in [0, 0.05) is 5.92 Å². The molecule has 0 atom stereocenters. The van der Waals surface area contributed by atoms with Gasteiger partial charge >= 0.3 is 6.18 Å². The summed E-state index contributed by atoms with van der Waals surface area (Å²) in [5.74, 6) is -2.08. The standard InChI is InChI=1S/C17H15F3N4O3/c1-2-27-7-12(14(25)10-3-4-10)15(26)11-5-6-13(24-9-21-8-22-24)23-16(11)17(18,19)20/h5-10H,2-4H2,1H3/b12-7+. The van der Waals surface area contributed by atoms with Crippen LogP contribution in [0.15, 0.2) is 36.6 Å². The molecule has 0 radical (unpaired) electrons. The molecule has 0 aromatic carbocycles. The van der Waals surface area contributed by atoms with E-state index in [9.17, 15) is 22.8 Å². The second-order valence-corrected chi connectivity index (χ2v) is 5.86. The number of allylic oxidation sites excluding steroid dienone is 1. The van der Waals surface area contributed by atoms with E-state index in [1.165, 1.54) is 12.4 Å². The number of Topliss-reactive ketones (excluding diaryl/α,β-unsaturated/α-hetero) is 2. The Morgan fingerprint density at radius 3 is 2.63 bits per heavy atom. The van der Waals surface area contributed by atoms with Crippen LogP contribution in [0.1, 0.15) is 35.8 Å². The van der Waals surface area contributed by atoms with Crippen LogP contribution in [0.3, 0.4) is 0 Å². The average molecular weight is 380 g/mol. The summed E-state index contributed by atoms with van der Waals surface area (Å²) in [5, 5.41) is 3.72. The average Bonchev–Trinajstić information content (AvgIpc) is 3.34. The zero-order chi connectivity index (χ0) is 19.6. The van der Waals surface area contributed by atoms with E-state index in [1.807, 2.05) is 0 Å². The van der Waals surface area contributed by atoms with Gasteiger partial charge in [-0.2, -0.15) is 18.3 Å². The summed E-state index contributed by atoms with van der Waals surface area (Å²) in [7, 11) is 0. The Kier molecular flexibility index (Phi) is 5.06. The summed E-state index contributed by atoms with van der Waals surface area (Å²) in [6.07, 6.45) is -0.432. The molecule has 2 aromatic rings. The summed E-state index contributed by atoms with van der Waals surface area (Å²) in [5.41, 5.74) is -2.52. The fraction of sp³-hybridized carbons (Fsp3) is 0.353. The first-order valence-electron chi connectivity index (χ1n) is 8.16. The Labute approximate surface area is 151 Å². The van der Waals surface area contributed by atoms with Crippen molar-refractivity contribution in [2.24, 2.45) is 5.92 Å². The topological polar surface area (TPSA) is 87.0 Å². The smallest absolute Gasteiger partial charge is 0.434 e. The van der Waals surface area contributed by atoms with Gasteiger partial charge in [-0.1, -0.05) is 0 Å². The summed E-state index contributed by atoms with van der Waals surface area (Å²) in [6, 6.07) is 2.19. The first-order chi connectivity index (χ1) is 12.8. The molecule has 0 N–H and O–H groups in total. The van der Waals surface area contributed by atoms with E-state index in [1.54, 1.807) is 6.92 Å². The van der Waals surface area contributed by atoms with Crippen LogP contribution in [-0.2, 0) is 15.7 Å². The highest BCUT2D eigenvalue weighted by Gasteiger charge is 2.41. The molecule has 3 rings (SSSR count). The minimum absolute atomic E-state index is 0.153. The lowest BCUT2D eigenvalue weighted by Crippen LogP contribution is -2.22. The van der Waals surface area contributed by atoms with Gasteiger partial charge in [0.25, 0.3) is 0 Å². The van der Waals surface area contributed by atoms with Crippen LogP contribution in [0.25, 0.3) is 5.82 Å². The molecule has 2 aromatic heterocycles. The number of ether oxygens (including phenoxy) is 1. The summed E-state index contributed by atoms with van der Waals surface area (Å²) in [6.45, 7) is 1.81. The van der Waals surface area contributed by atoms with Crippen molar-refractivity contribution in [2.75, 3.05) is 6.61 Å². The lowest BCUT2D eigenvalue weighted by Gasteiger charge is -2.13. The second kappa shape index (κ2) is 7.29. The number of carbonyl (C=O) groups excluding carboxylic acids is 2. The van der Waals surface area contributed by atoms with E-state index in [-0.39, 0.29) is 18.3 Å². The SMILES string of the molecule is CCO/C=C(/C(=O)c1ccc(-n2cncn2)nc1C(F)(F)F)C(=O)C1CC1. The van der Waals surface area contributed by atoms with Crippen molar-refractivity contribution < 1.29 is 27.5 Å². The third-order valence-corrected chi connectivity index (χ3v) is 3.87. The normalized spacial score (nSPS) is 14.9. The molecule has 0 spiro atoms. The number of carbonyl (C=O) groups is 2. The number of ketones is 2. The molecule has 10 heteroatoms. The van der Waals surface area contributed by atoms with E-state index in [4.69, 9.17) is 4.74 Å². The molecule has 1 aliphatic rings. The van der Waals surface area contributed by atoms with Crippen molar-refractivity contribution in [1.82, 2.24) is 19.7 Å². The van der Waals surface area contributed by atoms with Crippen molar-refractivity contribution in [2.45, 2.75) is 25.9 Å². The molecular formula is C17H15F3N4O3.